The third-order valence-corrected chi connectivity index (χ3v) is 3.11. The van der Waals surface area contributed by atoms with Crippen LogP contribution in [0, 0.1) is 12.7 Å². The number of benzene rings is 1. The molecular formula is C15H14FNO2. The van der Waals surface area contributed by atoms with Crippen molar-refractivity contribution in [1.82, 2.24) is 4.98 Å². The van der Waals surface area contributed by atoms with Gasteiger partial charge in [-0.2, -0.15) is 0 Å². The van der Waals surface area contributed by atoms with Crippen LogP contribution in [0.15, 0.2) is 28.4 Å². The van der Waals surface area contributed by atoms with Crippen LogP contribution in [0.5, 0.6) is 0 Å². The molecule has 2 aromatic rings. The number of halogens is 1. The lowest BCUT2D eigenvalue weighted by atomic mass is 10.1. The maximum Gasteiger partial charge on any atom is 0.226 e. The molecule has 3 rings (SSSR count). The van der Waals surface area contributed by atoms with Gasteiger partial charge in [0.25, 0.3) is 0 Å². The Morgan fingerprint density at radius 2 is 2.26 bits per heavy atom. The van der Waals surface area contributed by atoms with E-state index in [2.05, 4.69) is 4.98 Å². The van der Waals surface area contributed by atoms with E-state index in [1.54, 1.807) is 13.0 Å². The first kappa shape index (κ1) is 12.0. The minimum atomic E-state index is -0.249. The molecule has 1 aromatic carbocycles. The third kappa shape index (κ3) is 2.14. The van der Waals surface area contributed by atoms with Gasteiger partial charge in [-0.05, 0) is 31.5 Å². The second-order valence-corrected chi connectivity index (χ2v) is 4.51. The first-order valence-electron chi connectivity index (χ1n) is 6.27. The predicted octanol–water partition coefficient (Wildman–Crippen LogP) is 3.72. The average Bonchev–Trinajstić information content (AvgIpc) is 2.91. The number of aromatic nitrogens is 1. The molecule has 0 fully saturated rings. The standard InChI is InChI=1S/C15H14FNO2/c1-3-18-11-7-13-14(8-11)19-15(17-13)10-5-4-9(2)12(16)6-10/h4-7H,3,8H2,1-2H3. The molecule has 0 aliphatic heterocycles. The zero-order chi connectivity index (χ0) is 13.4. The van der Waals surface area contributed by atoms with Crippen LogP contribution in [-0.2, 0) is 11.2 Å². The van der Waals surface area contributed by atoms with E-state index >= 15 is 0 Å². The van der Waals surface area contributed by atoms with E-state index in [0.29, 0.717) is 30.0 Å². The lowest BCUT2D eigenvalue weighted by Crippen LogP contribution is -1.90. The summed E-state index contributed by atoms with van der Waals surface area (Å²) in [5, 5.41) is 0. The molecule has 0 saturated carbocycles. The topological polar surface area (TPSA) is 35.3 Å². The highest BCUT2D eigenvalue weighted by Crippen LogP contribution is 2.30. The van der Waals surface area contributed by atoms with Crippen LogP contribution in [0.2, 0.25) is 0 Å². The van der Waals surface area contributed by atoms with Crippen molar-refractivity contribution in [1.29, 1.82) is 0 Å². The van der Waals surface area contributed by atoms with Gasteiger partial charge in [-0.25, -0.2) is 9.37 Å². The van der Waals surface area contributed by atoms with Gasteiger partial charge in [0.05, 0.1) is 13.0 Å². The lowest BCUT2D eigenvalue weighted by Gasteiger charge is -2.02. The summed E-state index contributed by atoms with van der Waals surface area (Å²) in [5.41, 5.74) is 2.05. The van der Waals surface area contributed by atoms with E-state index in [9.17, 15) is 4.39 Å². The summed E-state index contributed by atoms with van der Waals surface area (Å²) in [4.78, 5) is 4.37. The van der Waals surface area contributed by atoms with Gasteiger partial charge in [0.15, 0.2) is 0 Å². The van der Waals surface area contributed by atoms with Gasteiger partial charge >= 0.3 is 0 Å². The number of aryl methyl sites for hydroxylation is 1. The zero-order valence-corrected chi connectivity index (χ0v) is 10.9. The molecule has 1 aliphatic carbocycles. The fraction of sp³-hybridized carbons (Fsp3) is 0.267. The minimum absolute atomic E-state index is 0.249. The van der Waals surface area contributed by atoms with Crippen LogP contribution in [-0.4, -0.2) is 11.6 Å². The van der Waals surface area contributed by atoms with E-state index in [4.69, 9.17) is 9.15 Å². The van der Waals surface area contributed by atoms with Gasteiger partial charge in [-0.1, -0.05) is 6.07 Å². The van der Waals surface area contributed by atoms with Gasteiger partial charge in [0.1, 0.15) is 23.0 Å². The van der Waals surface area contributed by atoms with Crippen molar-refractivity contribution in [2.45, 2.75) is 20.3 Å². The molecule has 4 heteroatoms. The van der Waals surface area contributed by atoms with Crippen LogP contribution in [0.1, 0.15) is 23.9 Å². The Morgan fingerprint density at radius 1 is 1.42 bits per heavy atom. The SMILES string of the molecule is CCOC1=Cc2nc(-c3ccc(C)c(F)c3)oc2C1. The Bertz CT molecular complexity index is 658. The summed E-state index contributed by atoms with van der Waals surface area (Å²) >= 11 is 0. The van der Waals surface area contributed by atoms with Crippen molar-refractivity contribution in [3.05, 3.63) is 46.8 Å². The molecule has 0 spiro atoms. The summed E-state index contributed by atoms with van der Waals surface area (Å²) in [7, 11) is 0. The quantitative estimate of drug-likeness (QED) is 0.842. The fourth-order valence-electron chi connectivity index (χ4n) is 2.09. The van der Waals surface area contributed by atoms with Crippen molar-refractivity contribution in [2.24, 2.45) is 0 Å². The number of hydrogen-bond acceptors (Lipinski definition) is 3. The van der Waals surface area contributed by atoms with E-state index < -0.39 is 0 Å². The third-order valence-electron chi connectivity index (χ3n) is 3.11. The summed E-state index contributed by atoms with van der Waals surface area (Å²) in [6.45, 7) is 4.30. The average molecular weight is 259 g/mol. The summed E-state index contributed by atoms with van der Waals surface area (Å²) in [5.74, 6) is 1.85. The molecule has 0 amide bonds. The van der Waals surface area contributed by atoms with Crippen LogP contribution in [0.4, 0.5) is 4.39 Å². The molecule has 0 saturated heterocycles. The van der Waals surface area contributed by atoms with E-state index in [1.807, 2.05) is 19.1 Å². The summed E-state index contributed by atoms with van der Waals surface area (Å²) < 4.78 is 24.6. The largest absolute Gasteiger partial charge is 0.498 e. The van der Waals surface area contributed by atoms with Gasteiger partial charge < -0.3 is 9.15 Å². The number of hydrogen-bond donors (Lipinski definition) is 0. The van der Waals surface area contributed by atoms with Crippen molar-refractivity contribution in [3.63, 3.8) is 0 Å². The molecule has 1 aromatic heterocycles. The van der Waals surface area contributed by atoms with Crippen molar-refractivity contribution in [3.8, 4) is 11.5 Å². The highest BCUT2D eigenvalue weighted by atomic mass is 19.1. The molecule has 1 aliphatic rings. The Morgan fingerprint density at radius 3 is 2.95 bits per heavy atom. The number of nitrogens with zero attached hydrogens (tertiary/aromatic N) is 1. The molecule has 0 bridgehead atoms. The number of allylic oxidation sites excluding steroid dienone is 1. The molecule has 0 atom stereocenters. The van der Waals surface area contributed by atoms with E-state index in [1.165, 1.54) is 6.07 Å². The normalized spacial score (nSPS) is 13.3. The van der Waals surface area contributed by atoms with Gasteiger partial charge in [-0.15, -0.1) is 0 Å². The highest BCUT2D eigenvalue weighted by molar-refractivity contribution is 5.62. The first-order chi connectivity index (χ1) is 9.17. The summed E-state index contributed by atoms with van der Waals surface area (Å²) in [6.07, 6.45) is 2.49. The van der Waals surface area contributed by atoms with Crippen LogP contribution >= 0.6 is 0 Å². The summed E-state index contributed by atoms with van der Waals surface area (Å²) in [6, 6.07) is 4.98. The van der Waals surface area contributed by atoms with Gasteiger partial charge in [0.2, 0.25) is 5.89 Å². The Labute approximate surface area is 110 Å². The molecular weight excluding hydrogens is 245 g/mol. The number of fused-ring (bicyclic) bond motifs is 1. The molecule has 0 N–H and O–H groups in total. The predicted molar refractivity (Wildman–Crippen MR) is 69.9 cm³/mol. The van der Waals surface area contributed by atoms with E-state index in [0.717, 1.165) is 17.2 Å². The van der Waals surface area contributed by atoms with Crippen molar-refractivity contribution < 1.29 is 13.5 Å². The fourth-order valence-corrected chi connectivity index (χ4v) is 2.09. The molecule has 0 unspecified atom stereocenters. The Balaban J connectivity index is 1.92. The number of ether oxygens (including phenoxy) is 1. The molecule has 19 heavy (non-hydrogen) atoms. The van der Waals surface area contributed by atoms with Crippen molar-refractivity contribution >= 4 is 6.08 Å². The second kappa shape index (κ2) is 4.53. The van der Waals surface area contributed by atoms with E-state index in [-0.39, 0.29) is 5.82 Å². The number of oxazole rings is 1. The van der Waals surface area contributed by atoms with Crippen LogP contribution in [0.3, 0.4) is 0 Å². The van der Waals surface area contributed by atoms with Crippen LogP contribution in [0.25, 0.3) is 17.5 Å². The monoisotopic (exact) mass is 259 g/mol. The number of rotatable bonds is 3. The second-order valence-electron chi connectivity index (χ2n) is 4.51. The Hall–Kier alpha value is -2.10. The minimum Gasteiger partial charge on any atom is -0.498 e. The highest BCUT2D eigenvalue weighted by Gasteiger charge is 2.21. The smallest absolute Gasteiger partial charge is 0.226 e. The maximum absolute atomic E-state index is 13.5. The molecule has 1 heterocycles. The first-order valence-corrected chi connectivity index (χ1v) is 6.27. The molecule has 0 radical (unpaired) electrons. The molecule has 3 nitrogen and oxygen atoms in total. The Kier molecular flexibility index (Phi) is 2.85. The van der Waals surface area contributed by atoms with Crippen molar-refractivity contribution in [2.75, 3.05) is 6.61 Å². The maximum atomic E-state index is 13.5. The zero-order valence-electron chi connectivity index (χ0n) is 10.9. The lowest BCUT2D eigenvalue weighted by molar-refractivity contribution is 0.225. The van der Waals surface area contributed by atoms with Crippen LogP contribution < -0.4 is 0 Å². The van der Waals surface area contributed by atoms with Gasteiger partial charge in [0, 0.05) is 11.6 Å². The molecule has 98 valence electrons. The van der Waals surface area contributed by atoms with Gasteiger partial charge in [-0.3, -0.25) is 0 Å².